The molecule has 0 spiro atoms. The van der Waals surface area contributed by atoms with E-state index in [2.05, 4.69) is 46.6 Å². The molecule has 1 aromatic heterocycles. The first kappa shape index (κ1) is 26.0. The van der Waals surface area contributed by atoms with Gasteiger partial charge in [-0.2, -0.15) is 10.1 Å². The first-order valence-electron chi connectivity index (χ1n) is 10.8. The Bertz CT molecular complexity index is 1300. The second-order valence-corrected chi connectivity index (χ2v) is 9.37. The molecule has 1 saturated heterocycles. The number of hydrogen-bond donors (Lipinski definition) is 4. The van der Waals surface area contributed by atoms with Crippen molar-refractivity contribution in [1.29, 1.82) is 0 Å². The highest BCUT2D eigenvalue weighted by Gasteiger charge is 2.18. The summed E-state index contributed by atoms with van der Waals surface area (Å²) in [4.78, 5) is 23.4. The number of phenols is 2. The molecule has 2 heterocycles. The van der Waals surface area contributed by atoms with Crippen LogP contribution in [0, 0.1) is 0 Å². The normalized spacial score (nSPS) is 14.0. The molecular weight excluding hydrogens is 575 g/mol. The van der Waals surface area contributed by atoms with Crippen molar-refractivity contribution < 1.29 is 19.7 Å². The average molecular weight is 596 g/mol. The number of nitrogens with zero attached hydrogens (tertiary/aromatic N) is 4. The average Bonchev–Trinajstić information content (AvgIpc) is 3.15. The molecule has 1 aliphatic heterocycles. The van der Waals surface area contributed by atoms with E-state index in [4.69, 9.17) is 27.9 Å². The van der Waals surface area contributed by atoms with Gasteiger partial charge in [-0.05, 0) is 36.8 Å². The van der Waals surface area contributed by atoms with Gasteiger partial charge in [0, 0.05) is 35.9 Å². The first-order valence-corrected chi connectivity index (χ1v) is 12.3. The van der Waals surface area contributed by atoms with Crippen LogP contribution in [0.4, 0.5) is 17.5 Å². The summed E-state index contributed by atoms with van der Waals surface area (Å²) >= 11 is 15.4. The van der Waals surface area contributed by atoms with E-state index in [0.717, 1.165) is 31.9 Å². The molecule has 3 aromatic rings. The summed E-state index contributed by atoms with van der Waals surface area (Å²) in [7, 11) is 0. The van der Waals surface area contributed by atoms with Crippen LogP contribution in [-0.4, -0.2) is 58.6 Å². The molecule has 0 radical (unpaired) electrons. The van der Waals surface area contributed by atoms with Gasteiger partial charge in [-0.15, -0.1) is 0 Å². The van der Waals surface area contributed by atoms with Gasteiger partial charge in [0.25, 0.3) is 5.91 Å². The van der Waals surface area contributed by atoms with E-state index in [9.17, 15) is 15.0 Å². The van der Waals surface area contributed by atoms with Crippen molar-refractivity contribution in [2.75, 3.05) is 41.9 Å². The second kappa shape index (κ2) is 11.7. The standard InChI is InChI=1S/C23H21BrCl2N6O4/c24-14-10-16(25)21(34)17(11-14)29-22(35)15-3-2-13(20(33)19(15)26)12-28-31-23-27-5-4-18(30-23)32-6-1-8-36-9-7-32/h2-5,10-12,33-34H,1,6-9H2,(H,29,35)(H,27,30,31)/b28-12-. The lowest BCUT2D eigenvalue weighted by Gasteiger charge is -2.20. The third kappa shape index (κ3) is 6.16. The Morgan fingerprint density at radius 3 is 2.83 bits per heavy atom. The van der Waals surface area contributed by atoms with E-state index in [1.807, 2.05) is 6.07 Å². The molecule has 1 amide bonds. The molecule has 4 N–H and O–H groups in total. The molecule has 10 nitrogen and oxygen atoms in total. The number of nitrogens with one attached hydrogen (secondary N) is 2. The lowest BCUT2D eigenvalue weighted by atomic mass is 10.1. The maximum absolute atomic E-state index is 12.7. The maximum atomic E-state index is 12.7. The summed E-state index contributed by atoms with van der Waals surface area (Å²) in [6, 6.07) is 7.69. The Kier molecular flexibility index (Phi) is 8.47. The van der Waals surface area contributed by atoms with Gasteiger partial charge in [0.1, 0.15) is 11.6 Å². The second-order valence-electron chi connectivity index (χ2n) is 7.66. The van der Waals surface area contributed by atoms with Crippen molar-refractivity contribution in [2.45, 2.75) is 6.42 Å². The predicted octanol–water partition coefficient (Wildman–Crippen LogP) is 4.88. The van der Waals surface area contributed by atoms with Gasteiger partial charge in [0.2, 0.25) is 5.95 Å². The van der Waals surface area contributed by atoms with Crippen LogP contribution in [0.3, 0.4) is 0 Å². The van der Waals surface area contributed by atoms with Crippen LogP contribution in [0.15, 0.2) is 46.1 Å². The molecule has 0 atom stereocenters. The molecule has 1 fully saturated rings. The lowest BCUT2D eigenvalue weighted by Crippen LogP contribution is -2.27. The first-order chi connectivity index (χ1) is 17.3. The van der Waals surface area contributed by atoms with Crippen LogP contribution < -0.4 is 15.6 Å². The minimum atomic E-state index is -0.648. The fraction of sp³-hybridized carbons (Fsp3) is 0.217. The molecule has 2 aromatic carbocycles. The van der Waals surface area contributed by atoms with Crippen molar-refractivity contribution >= 4 is 68.7 Å². The zero-order valence-electron chi connectivity index (χ0n) is 18.7. The number of amides is 1. The van der Waals surface area contributed by atoms with Crippen molar-refractivity contribution in [3.63, 3.8) is 0 Å². The molecule has 0 aliphatic carbocycles. The third-order valence-corrected chi connectivity index (χ3v) is 6.35. The fourth-order valence-corrected chi connectivity index (χ4v) is 4.49. The summed E-state index contributed by atoms with van der Waals surface area (Å²) in [6.45, 7) is 2.93. The van der Waals surface area contributed by atoms with Crippen LogP contribution in [-0.2, 0) is 4.74 Å². The van der Waals surface area contributed by atoms with Crippen LogP contribution >= 0.6 is 39.1 Å². The SMILES string of the molecule is O=C(Nc1cc(Br)cc(Cl)c1O)c1ccc(/C=N\Nc2nccc(N3CCCOCC3)n2)c(O)c1Cl. The molecule has 4 rings (SSSR count). The Morgan fingerprint density at radius 1 is 1.17 bits per heavy atom. The minimum absolute atomic E-state index is 0.00719. The number of carbonyl (C=O) groups excluding carboxylic acids is 1. The zero-order chi connectivity index (χ0) is 25.7. The number of anilines is 3. The largest absolute Gasteiger partial charge is 0.506 e. The number of phenolic OH excluding ortho intramolecular Hbond substituents is 2. The van der Waals surface area contributed by atoms with Crippen LogP contribution in [0.1, 0.15) is 22.3 Å². The Labute approximate surface area is 225 Å². The molecule has 1 aliphatic rings. The van der Waals surface area contributed by atoms with Crippen molar-refractivity contribution in [2.24, 2.45) is 5.10 Å². The number of hydrazone groups is 1. The number of carbonyl (C=O) groups is 1. The quantitative estimate of drug-likeness (QED) is 0.180. The van der Waals surface area contributed by atoms with E-state index < -0.39 is 5.91 Å². The van der Waals surface area contributed by atoms with Gasteiger partial charge in [-0.25, -0.2) is 10.4 Å². The highest BCUT2D eigenvalue weighted by atomic mass is 79.9. The number of benzene rings is 2. The molecule has 188 valence electrons. The van der Waals surface area contributed by atoms with Gasteiger partial charge in [-0.3, -0.25) is 4.79 Å². The van der Waals surface area contributed by atoms with E-state index in [0.29, 0.717) is 11.1 Å². The predicted molar refractivity (Wildman–Crippen MR) is 143 cm³/mol. The number of halogens is 3. The molecule has 0 unspecified atom stereocenters. The lowest BCUT2D eigenvalue weighted by molar-refractivity contribution is 0.102. The summed E-state index contributed by atoms with van der Waals surface area (Å²) in [5, 5.41) is 27.1. The van der Waals surface area contributed by atoms with E-state index in [1.165, 1.54) is 30.5 Å². The third-order valence-electron chi connectivity index (χ3n) is 5.22. The van der Waals surface area contributed by atoms with E-state index >= 15 is 0 Å². The Morgan fingerprint density at radius 2 is 2.00 bits per heavy atom. The highest BCUT2D eigenvalue weighted by molar-refractivity contribution is 9.10. The minimum Gasteiger partial charge on any atom is -0.506 e. The topological polar surface area (TPSA) is 132 Å². The Hall–Kier alpha value is -3.12. The van der Waals surface area contributed by atoms with Crippen LogP contribution in [0.5, 0.6) is 11.5 Å². The van der Waals surface area contributed by atoms with Crippen LogP contribution in [0.25, 0.3) is 0 Å². The molecule has 0 bridgehead atoms. The van der Waals surface area contributed by atoms with Gasteiger partial charge < -0.3 is 25.2 Å². The number of ether oxygens (including phenoxy) is 1. The van der Waals surface area contributed by atoms with Gasteiger partial charge in [-0.1, -0.05) is 39.1 Å². The Balaban J connectivity index is 1.45. The highest BCUT2D eigenvalue weighted by Crippen LogP contribution is 2.36. The fourth-order valence-electron chi connectivity index (χ4n) is 3.42. The summed E-state index contributed by atoms with van der Waals surface area (Å²) in [6.07, 6.45) is 3.87. The monoisotopic (exact) mass is 594 g/mol. The van der Waals surface area contributed by atoms with Crippen molar-refractivity contribution in [3.05, 3.63) is 62.2 Å². The van der Waals surface area contributed by atoms with E-state index in [1.54, 1.807) is 6.20 Å². The molecule has 36 heavy (non-hydrogen) atoms. The van der Waals surface area contributed by atoms with Crippen molar-refractivity contribution in [3.8, 4) is 11.5 Å². The number of rotatable bonds is 6. The van der Waals surface area contributed by atoms with Crippen LogP contribution in [0.2, 0.25) is 10.0 Å². The smallest absolute Gasteiger partial charge is 0.257 e. The zero-order valence-corrected chi connectivity index (χ0v) is 21.8. The molecule has 13 heteroatoms. The summed E-state index contributed by atoms with van der Waals surface area (Å²) in [5.41, 5.74) is 3.07. The number of aromatic nitrogens is 2. The van der Waals surface area contributed by atoms with Gasteiger partial charge in [0.15, 0.2) is 5.75 Å². The molecular formula is C23H21BrCl2N6O4. The van der Waals surface area contributed by atoms with Gasteiger partial charge in [0.05, 0.1) is 34.1 Å². The summed E-state index contributed by atoms with van der Waals surface area (Å²) < 4.78 is 6.04. The van der Waals surface area contributed by atoms with E-state index in [-0.39, 0.29) is 44.3 Å². The number of aromatic hydroxyl groups is 2. The summed E-state index contributed by atoms with van der Waals surface area (Å²) in [5.74, 6) is -0.245. The molecule has 0 saturated carbocycles. The van der Waals surface area contributed by atoms with Crippen molar-refractivity contribution in [1.82, 2.24) is 9.97 Å². The number of hydrogen-bond acceptors (Lipinski definition) is 9. The maximum Gasteiger partial charge on any atom is 0.257 e. The van der Waals surface area contributed by atoms with Gasteiger partial charge >= 0.3 is 0 Å².